The quantitative estimate of drug-likeness (QED) is 0.616. The number of aromatic hydroxyl groups is 1. The van der Waals surface area contributed by atoms with Crippen LogP contribution in [-0.4, -0.2) is 18.2 Å². The van der Waals surface area contributed by atoms with E-state index in [1.54, 1.807) is 12.1 Å². The number of benzene rings is 1. The van der Waals surface area contributed by atoms with Gasteiger partial charge in [0.05, 0.1) is 16.4 Å². The second kappa shape index (κ2) is 5.85. The minimum absolute atomic E-state index is 0.0941. The summed E-state index contributed by atoms with van der Waals surface area (Å²) in [6, 6.07) is 3.24. The molecule has 0 amide bonds. The van der Waals surface area contributed by atoms with Crippen LogP contribution in [0.4, 0.5) is 11.4 Å². The first-order valence-corrected chi connectivity index (χ1v) is 6.00. The molecule has 0 spiro atoms. The van der Waals surface area contributed by atoms with Gasteiger partial charge in [-0.2, -0.15) is 0 Å². The predicted octanol–water partition coefficient (Wildman–Crippen LogP) is 3.25. The minimum Gasteiger partial charge on any atom is -0.506 e. The normalized spacial score (nSPS) is 10.4. The van der Waals surface area contributed by atoms with Gasteiger partial charge in [-0.25, -0.2) is 0 Å². The lowest BCUT2D eigenvalue weighted by Crippen LogP contribution is -2.25. The number of nitrogens with zero attached hydrogens (tertiary/aromatic N) is 1. The van der Waals surface area contributed by atoms with Gasteiger partial charge in [-0.05, 0) is 18.9 Å². The zero-order valence-corrected chi connectivity index (χ0v) is 10.6. The van der Waals surface area contributed by atoms with Crippen LogP contribution in [0, 0.1) is 0 Å². The largest absolute Gasteiger partial charge is 0.506 e. The summed E-state index contributed by atoms with van der Waals surface area (Å²) in [5, 5.41) is 10.2. The highest BCUT2D eigenvalue weighted by Gasteiger charge is 2.11. The fourth-order valence-electron chi connectivity index (χ4n) is 1.70. The van der Waals surface area contributed by atoms with Crippen molar-refractivity contribution < 1.29 is 5.11 Å². The van der Waals surface area contributed by atoms with Gasteiger partial charge in [0.25, 0.3) is 0 Å². The summed E-state index contributed by atoms with van der Waals surface area (Å²) in [7, 11) is 0. The monoisotopic (exact) mass is 242 g/mol. The molecule has 0 aliphatic rings. The topological polar surface area (TPSA) is 49.5 Å². The van der Waals surface area contributed by atoms with Gasteiger partial charge in [0, 0.05) is 19.2 Å². The number of anilines is 2. The van der Waals surface area contributed by atoms with Gasteiger partial charge < -0.3 is 15.7 Å². The molecule has 0 radical (unpaired) electrons. The molecule has 0 heterocycles. The number of halogens is 1. The third kappa shape index (κ3) is 2.95. The predicted molar refractivity (Wildman–Crippen MR) is 70.3 cm³/mol. The molecular weight excluding hydrogens is 224 g/mol. The van der Waals surface area contributed by atoms with Crippen molar-refractivity contribution in [3.05, 3.63) is 17.2 Å². The molecular formula is C12H19ClN2O. The fourth-order valence-corrected chi connectivity index (χ4v) is 1.99. The number of rotatable bonds is 5. The molecule has 0 fully saturated rings. The van der Waals surface area contributed by atoms with Crippen LogP contribution in [0.25, 0.3) is 0 Å². The summed E-state index contributed by atoms with van der Waals surface area (Å²) in [5.41, 5.74) is 6.76. The Morgan fingerprint density at radius 3 is 2.31 bits per heavy atom. The molecule has 16 heavy (non-hydrogen) atoms. The summed E-state index contributed by atoms with van der Waals surface area (Å²) in [6.07, 6.45) is 2.09. The third-order valence-corrected chi connectivity index (χ3v) is 2.73. The van der Waals surface area contributed by atoms with Crippen molar-refractivity contribution in [2.45, 2.75) is 26.7 Å². The minimum atomic E-state index is 0.0941. The van der Waals surface area contributed by atoms with Gasteiger partial charge in [-0.1, -0.05) is 25.4 Å². The molecule has 0 atom stereocenters. The van der Waals surface area contributed by atoms with Crippen LogP contribution in [0.5, 0.6) is 5.75 Å². The number of phenols is 1. The van der Waals surface area contributed by atoms with Crippen LogP contribution in [0.3, 0.4) is 0 Å². The lowest BCUT2D eigenvalue weighted by atomic mass is 10.2. The van der Waals surface area contributed by atoms with Gasteiger partial charge in [0.15, 0.2) is 0 Å². The van der Waals surface area contributed by atoms with E-state index < -0.39 is 0 Å². The summed E-state index contributed by atoms with van der Waals surface area (Å²) in [4.78, 5) is 2.17. The molecule has 0 saturated carbocycles. The van der Waals surface area contributed by atoms with Crippen LogP contribution in [0.15, 0.2) is 12.1 Å². The molecule has 4 heteroatoms. The summed E-state index contributed by atoms with van der Waals surface area (Å²) in [6.45, 7) is 6.09. The molecule has 1 aromatic rings. The van der Waals surface area contributed by atoms with Crippen molar-refractivity contribution >= 4 is 23.0 Å². The smallest absolute Gasteiger partial charge is 0.140 e. The lowest BCUT2D eigenvalue weighted by molar-refractivity contribution is 0.478. The Hall–Kier alpha value is -1.09. The van der Waals surface area contributed by atoms with E-state index in [4.69, 9.17) is 17.3 Å². The Labute approximate surface area is 102 Å². The summed E-state index contributed by atoms with van der Waals surface area (Å²) < 4.78 is 0. The maximum Gasteiger partial charge on any atom is 0.140 e. The Kier molecular flexibility index (Phi) is 4.74. The third-order valence-electron chi connectivity index (χ3n) is 2.42. The van der Waals surface area contributed by atoms with Crippen LogP contribution >= 0.6 is 11.6 Å². The van der Waals surface area contributed by atoms with Gasteiger partial charge in [0.1, 0.15) is 5.75 Å². The molecule has 3 N–H and O–H groups in total. The molecule has 90 valence electrons. The molecule has 0 aromatic heterocycles. The Morgan fingerprint density at radius 1 is 1.25 bits per heavy atom. The van der Waals surface area contributed by atoms with Crippen molar-refractivity contribution in [2.24, 2.45) is 0 Å². The van der Waals surface area contributed by atoms with Crippen molar-refractivity contribution in [2.75, 3.05) is 23.7 Å². The molecule has 1 rings (SSSR count). The number of nitrogens with two attached hydrogens (primary N) is 1. The number of hydrogen-bond donors (Lipinski definition) is 2. The SMILES string of the molecule is CCCN(CCC)c1cc(O)c(N)cc1Cl. The average molecular weight is 243 g/mol. The van der Waals surface area contributed by atoms with E-state index in [0.29, 0.717) is 10.7 Å². The van der Waals surface area contributed by atoms with Gasteiger partial charge in [0.2, 0.25) is 0 Å². The zero-order chi connectivity index (χ0) is 12.1. The van der Waals surface area contributed by atoms with Crippen molar-refractivity contribution in [3.63, 3.8) is 0 Å². The molecule has 0 saturated heterocycles. The lowest BCUT2D eigenvalue weighted by Gasteiger charge is -2.25. The first-order valence-electron chi connectivity index (χ1n) is 5.63. The van der Waals surface area contributed by atoms with Crippen molar-refractivity contribution in [1.29, 1.82) is 0 Å². The van der Waals surface area contributed by atoms with Gasteiger partial charge in [-0.3, -0.25) is 0 Å². The van der Waals surface area contributed by atoms with Gasteiger partial charge >= 0.3 is 0 Å². The summed E-state index contributed by atoms with van der Waals surface area (Å²) in [5.74, 6) is 0.0941. The number of phenolic OH excluding ortho intramolecular Hbond substituents is 1. The van der Waals surface area contributed by atoms with Gasteiger partial charge in [-0.15, -0.1) is 0 Å². The second-order valence-corrected chi connectivity index (χ2v) is 4.26. The summed E-state index contributed by atoms with van der Waals surface area (Å²) >= 11 is 6.13. The van der Waals surface area contributed by atoms with E-state index in [1.807, 2.05) is 0 Å². The molecule has 3 nitrogen and oxygen atoms in total. The average Bonchev–Trinajstić information content (AvgIpc) is 2.23. The highest BCUT2D eigenvalue weighted by molar-refractivity contribution is 6.33. The standard InChI is InChI=1S/C12H19ClN2O/c1-3-5-15(6-4-2)11-8-12(16)10(14)7-9(11)13/h7-8,16H,3-6,14H2,1-2H3. The molecule has 0 aliphatic heterocycles. The Morgan fingerprint density at radius 2 is 1.81 bits per heavy atom. The number of nitrogen functional groups attached to an aromatic ring is 1. The van der Waals surface area contributed by atoms with Crippen molar-refractivity contribution in [3.8, 4) is 5.75 Å². The fraction of sp³-hybridized carbons (Fsp3) is 0.500. The molecule has 0 unspecified atom stereocenters. The van der Waals surface area contributed by atoms with Crippen LogP contribution in [-0.2, 0) is 0 Å². The maximum absolute atomic E-state index is 9.60. The second-order valence-electron chi connectivity index (χ2n) is 3.85. The highest BCUT2D eigenvalue weighted by Crippen LogP contribution is 2.34. The van der Waals surface area contributed by atoms with E-state index in [1.165, 1.54) is 0 Å². The highest BCUT2D eigenvalue weighted by atomic mass is 35.5. The zero-order valence-electron chi connectivity index (χ0n) is 9.83. The first-order chi connectivity index (χ1) is 7.60. The van der Waals surface area contributed by atoms with E-state index in [2.05, 4.69) is 18.7 Å². The maximum atomic E-state index is 9.60. The van der Waals surface area contributed by atoms with E-state index in [-0.39, 0.29) is 5.75 Å². The molecule has 0 aliphatic carbocycles. The Bertz CT molecular complexity index is 349. The Balaban J connectivity index is 3.03. The molecule has 1 aromatic carbocycles. The van der Waals surface area contributed by atoms with Crippen LogP contribution in [0.1, 0.15) is 26.7 Å². The van der Waals surface area contributed by atoms with E-state index in [0.717, 1.165) is 31.6 Å². The molecule has 0 bridgehead atoms. The van der Waals surface area contributed by atoms with Crippen LogP contribution in [0.2, 0.25) is 5.02 Å². The first kappa shape index (κ1) is 13.0. The van der Waals surface area contributed by atoms with Crippen LogP contribution < -0.4 is 10.6 Å². The number of hydrogen-bond acceptors (Lipinski definition) is 3. The van der Waals surface area contributed by atoms with E-state index in [9.17, 15) is 5.11 Å². The van der Waals surface area contributed by atoms with Crippen molar-refractivity contribution in [1.82, 2.24) is 0 Å². The van der Waals surface area contributed by atoms with E-state index >= 15 is 0 Å².